The molecule has 0 bridgehead atoms. The zero-order chi connectivity index (χ0) is 36.3. The molecule has 2 aromatic heterocycles. The van der Waals surface area contributed by atoms with Gasteiger partial charge in [-0.15, -0.1) is 0 Å². The molecule has 2 heterocycles. The Balaban J connectivity index is 1.19. The molecule has 0 spiro atoms. The Morgan fingerprint density at radius 3 is 1.60 bits per heavy atom. The fourth-order valence-corrected chi connectivity index (χ4v) is 8.63. The Hall–Kier alpha value is -7.29. The molecule has 2 nitrogen and oxygen atoms in total. The van der Waals surface area contributed by atoms with Crippen molar-refractivity contribution in [2.45, 2.75) is 0 Å². The minimum Gasteiger partial charge on any atom is -0.309 e. The summed E-state index contributed by atoms with van der Waals surface area (Å²) in [7, 11) is 0. The van der Waals surface area contributed by atoms with Crippen LogP contribution in [0, 0.1) is 0 Å². The molecule has 0 atom stereocenters. The Labute approximate surface area is 319 Å². The van der Waals surface area contributed by atoms with Crippen LogP contribution in [0.3, 0.4) is 0 Å². The highest BCUT2D eigenvalue weighted by molar-refractivity contribution is 6.29. The lowest BCUT2D eigenvalue weighted by molar-refractivity contribution is 1.18. The van der Waals surface area contributed by atoms with E-state index in [-0.39, 0.29) is 0 Å². The lowest BCUT2D eigenvalue weighted by atomic mass is 9.88. The minimum absolute atomic E-state index is 0.960. The number of hydrogen-bond donors (Lipinski definition) is 0. The van der Waals surface area contributed by atoms with Crippen LogP contribution in [-0.2, 0) is 0 Å². The van der Waals surface area contributed by atoms with Gasteiger partial charge in [-0.05, 0) is 97.0 Å². The van der Waals surface area contributed by atoms with Crippen molar-refractivity contribution in [1.82, 2.24) is 9.55 Å². The zero-order valence-corrected chi connectivity index (χ0v) is 30.0. The fraction of sp³-hybridized carbons (Fsp3) is 0. The maximum atomic E-state index is 5.41. The highest BCUT2D eigenvalue weighted by atomic mass is 15.0. The van der Waals surface area contributed by atoms with Crippen molar-refractivity contribution in [3.05, 3.63) is 206 Å². The molecule has 0 N–H and O–H groups in total. The van der Waals surface area contributed by atoms with E-state index in [0.717, 1.165) is 33.8 Å². The van der Waals surface area contributed by atoms with Gasteiger partial charge in [-0.25, -0.2) is 4.98 Å². The summed E-state index contributed by atoms with van der Waals surface area (Å²) >= 11 is 0. The van der Waals surface area contributed by atoms with Crippen molar-refractivity contribution >= 4 is 54.1 Å². The van der Waals surface area contributed by atoms with E-state index >= 15 is 0 Å². The van der Waals surface area contributed by atoms with Crippen molar-refractivity contribution in [3.63, 3.8) is 0 Å². The lowest BCUT2D eigenvalue weighted by Gasteiger charge is -2.17. The predicted molar refractivity (Wildman–Crippen MR) is 233 cm³/mol. The van der Waals surface area contributed by atoms with Crippen LogP contribution in [-0.4, -0.2) is 9.55 Å². The van der Waals surface area contributed by atoms with E-state index in [1.807, 2.05) is 0 Å². The van der Waals surface area contributed by atoms with Crippen LogP contribution >= 0.6 is 0 Å². The second-order valence-corrected chi connectivity index (χ2v) is 14.3. The summed E-state index contributed by atoms with van der Waals surface area (Å²) in [6.07, 6.45) is 0. The van der Waals surface area contributed by atoms with Gasteiger partial charge in [0.1, 0.15) is 0 Å². The molecule has 0 aliphatic rings. The van der Waals surface area contributed by atoms with Crippen LogP contribution < -0.4 is 0 Å². The van der Waals surface area contributed by atoms with Crippen LogP contribution in [0.2, 0.25) is 0 Å². The first-order valence-electron chi connectivity index (χ1n) is 18.9. The Morgan fingerprint density at radius 1 is 0.291 bits per heavy atom. The minimum atomic E-state index is 0.960. The summed E-state index contributed by atoms with van der Waals surface area (Å²) in [6, 6.07) is 74.6. The molecular formula is C53H34N2. The topological polar surface area (TPSA) is 17.8 Å². The van der Waals surface area contributed by atoms with Crippen molar-refractivity contribution in [1.29, 1.82) is 0 Å². The Morgan fingerprint density at radius 2 is 0.836 bits per heavy atom. The summed E-state index contributed by atoms with van der Waals surface area (Å²) in [5.74, 6) is 0. The first-order chi connectivity index (χ1) is 27.3. The van der Waals surface area contributed by atoms with E-state index in [1.165, 1.54) is 70.8 Å². The van der Waals surface area contributed by atoms with Gasteiger partial charge in [0.2, 0.25) is 0 Å². The van der Waals surface area contributed by atoms with E-state index in [1.54, 1.807) is 0 Å². The summed E-state index contributed by atoms with van der Waals surface area (Å²) in [5, 5.41) is 9.91. The monoisotopic (exact) mass is 698 g/mol. The van der Waals surface area contributed by atoms with Gasteiger partial charge in [-0.3, -0.25) is 0 Å². The van der Waals surface area contributed by atoms with Crippen molar-refractivity contribution in [2.75, 3.05) is 0 Å². The fourth-order valence-electron chi connectivity index (χ4n) is 8.63. The van der Waals surface area contributed by atoms with Crippen LogP contribution in [0.25, 0.3) is 105 Å². The maximum absolute atomic E-state index is 5.41. The summed E-state index contributed by atoms with van der Waals surface area (Å²) in [5.41, 5.74) is 12.4. The van der Waals surface area contributed by atoms with E-state index < -0.39 is 0 Å². The van der Waals surface area contributed by atoms with Crippen molar-refractivity contribution < 1.29 is 0 Å². The second-order valence-electron chi connectivity index (χ2n) is 14.3. The lowest BCUT2D eigenvalue weighted by Crippen LogP contribution is -1.94. The second kappa shape index (κ2) is 12.7. The first kappa shape index (κ1) is 31.3. The van der Waals surface area contributed by atoms with E-state index in [0.29, 0.717) is 0 Å². The zero-order valence-electron chi connectivity index (χ0n) is 30.0. The van der Waals surface area contributed by atoms with Crippen LogP contribution in [0.5, 0.6) is 0 Å². The number of hydrogen-bond acceptors (Lipinski definition) is 1. The molecule has 0 saturated carbocycles. The standard InChI is InChI=1S/C53H34N2/c1-4-15-35(16-5-1)39-32-49(36-17-6-2-7-18-36)54-50(33-39)47-25-14-24-46-42-22-11-10-21-41(42)43-29-27-37(31-48(43)53(46)47)38-28-30-45-44-23-12-13-26-51(44)55(52(45)34-38)40-19-8-3-9-20-40/h1-34H. The Kier molecular flexibility index (Phi) is 7.21. The number of rotatable bonds is 5. The molecule has 2 heteroatoms. The molecule has 0 amide bonds. The highest BCUT2D eigenvalue weighted by Gasteiger charge is 2.18. The number of pyridine rings is 1. The average Bonchev–Trinajstić information content (AvgIpc) is 3.60. The summed E-state index contributed by atoms with van der Waals surface area (Å²) < 4.78 is 2.39. The molecule has 11 aromatic rings. The number of benzene rings is 9. The normalized spacial score (nSPS) is 11.6. The largest absolute Gasteiger partial charge is 0.309 e. The van der Waals surface area contributed by atoms with Crippen LogP contribution in [0.15, 0.2) is 206 Å². The first-order valence-corrected chi connectivity index (χ1v) is 18.9. The third-order valence-electron chi connectivity index (χ3n) is 11.2. The molecule has 0 aliphatic carbocycles. The van der Waals surface area contributed by atoms with Gasteiger partial charge in [-0.1, -0.05) is 164 Å². The molecule has 11 rings (SSSR count). The predicted octanol–water partition coefficient (Wildman–Crippen LogP) is 14.3. The number of nitrogens with zero attached hydrogens (tertiary/aromatic N) is 2. The number of fused-ring (bicyclic) bond motifs is 9. The number of para-hydroxylation sites is 2. The van der Waals surface area contributed by atoms with Gasteiger partial charge in [0.25, 0.3) is 0 Å². The van der Waals surface area contributed by atoms with E-state index in [9.17, 15) is 0 Å². The maximum Gasteiger partial charge on any atom is 0.0722 e. The van der Waals surface area contributed by atoms with Gasteiger partial charge >= 0.3 is 0 Å². The van der Waals surface area contributed by atoms with Gasteiger partial charge in [0.05, 0.1) is 22.4 Å². The van der Waals surface area contributed by atoms with Gasteiger partial charge in [0, 0.05) is 27.6 Å². The van der Waals surface area contributed by atoms with E-state index in [2.05, 4.69) is 211 Å². The molecule has 0 saturated heterocycles. The average molecular weight is 699 g/mol. The number of aromatic nitrogens is 2. The Bertz CT molecular complexity index is 3180. The molecule has 0 aliphatic heterocycles. The molecular weight excluding hydrogens is 665 g/mol. The third kappa shape index (κ3) is 5.15. The SMILES string of the molecule is c1ccc(-c2cc(-c3ccccc3)nc(-c3cccc4c5ccccc5c5ccc(-c6ccc7c8ccccc8n(-c8ccccc8)c7c6)cc5c34)c2)cc1. The molecule has 9 aromatic carbocycles. The molecule has 0 fully saturated rings. The molecule has 256 valence electrons. The summed E-state index contributed by atoms with van der Waals surface area (Å²) in [6.45, 7) is 0. The van der Waals surface area contributed by atoms with Crippen LogP contribution in [0.4, 0.5) is 0 Å². The van der Waals surface area contributed by atoms with Gasteiger partial charge in [0.15, 0.2) is 0 Å². The van der Waals surface area contributed by atoms with Crippen LogP contribution in [0.1, 0.15) is 0 Å². The van der Waals surface area contributed by atoms with E-state index in [4.69, 9.17) is 4.98 Å². The van der Waals surface area contributed by atoms with Crippen molar-refractivity contribution in [3.8, 4) is 50.5 Å². The van der Waals surface area contributed by atoms with Gasteiger partial charge < -0.3 is 4.57 Å². The highest BCUT2D eigenvalue weighted by Crippen LogP contribution is 2.43. The smallest absolute Gasteiger partial charge is 0.0722 e. The van der Waals surface area contributed by atoms with Crippen molar-refractivity contribution in [2.24, 2.45) is 0 Å². The van der Waals surface area contributed by atoms with Gasteiger partial charge in [-0.2, -0.15) is 0 Å². The summed E-state index contributed by atoms with van der Waals surface area (Å²) in [4.78, 5) is 5.41. The molecule has 0 unspecified atom stereocenters. The molecule has 55 heavy (non-hydrogen) atoms. The quantitative estimate of drug-likeness (QED) is 0.164. The molecule has 0 radical (unpaired) electrons. The third-order valence-corrected chi connectivity index (χ3v) is 11.2.